The zero-order valence-electron chi connectivity index (χ0n) is 14.8. The topological polar surface area (TPSA) is 50.4 Å². The van der Waals surface area contributed by atoms with Gasteiger partial charge in [0.25, 0.3) is 0 Å². The van der Waals surface area contributed by atoms with Crippen molar-refractivity contribution in [2.45, 2.75) is 77.5 Å². The molecule has 1 fully saturated rings. The predicted molar refractivity (Wildman–Crippen MR) is 94.9 cm³/mol. The molecule has 0 saturated heterocycles. The molecule has 1 aromatic carbocycles. The quantitative estimate of drug-likeness (QED) is 0.859. The Morgan fingerprint density at radius 2 is 1.83 bits per heavy atom. The summed E-state index contributed by atoms with van der Waals surface area (Å²) in [5, 5.41) is 6.60. The Labute approximate surface area is 140 Å². The molecule has 1 aromatic rings. The average Bonchev–Trinajstić information content (AvgIpc) is 2.46. The van der Waals surface area contributed by atoms with Gasteiger partial charge in [-0.25, -0.2) is 4.79 Å². The minimum absolute atomic E-state index is 0.186. The lowest BCUT2D eigenvalue weighted by molar-refractivity contribution is 0.0492. The van der Waals surface area contributed by atoms with Gasteiger partial charge in [-0.2, -0.15) is 0 Å². The number of aryl methyl sites for hydroxylation is 1. The van der Waals surface area contributed by atoms with Crippen molar-refractivity contribution in [1.29, 1.82) is 0 Å². The van der Waals surface area contributed by atoms with Gasteiger partial charge in [-0.05, 0) is 70.6 Å². The molecule has 2 atom stereocenters. The van der Waals surface area contributed by atoms with E-state index in [9.17, 15) is 4.79 Å². The standard InChI is InChI=1S/C19H30N2O2/c1-5-14-9-11-15(12-10-14)20-16-7-6-8-17(13-16)21-18(22)23-19(2,3)4/h9-12,16-17,20H,5-8,13H2,1-4H3,(H,21,22). The van der Waals surface area contributed by atoms with E-state index in [4.69, 9.17) is 4.74 Å². The van der Waals surface area contributed by atoms with Gasteiger partial charge in [0.15, 0.2) is 0 Å². The SMILES string of the molecule is CCc1ccc(NC2CCCC(NC(=O)OC(C)(C)C)C2)cc1. The van der Waals surface area contributed by atoms with E-state index in [0.29, 0.717) is 6.04 Å². The number of benzene rings is 1. The Bertz CT molecular complexity index is 505. The lowest BCUT2D eigenvalue weighted by Crippen LogP contribution is -2.43. The molecule has 0 bridgehead atoms. The molecule has 2 rings (SSSR count). The first kappa shape index (κ1) is 17.6. The largest absolute Gasteiger partial charge is 0.444 e. The summed E-state index contributed by atoms with van der Waals surface area (Å²) >= 11 is 0. The number of carbonyl (C=O) groups excluding carboxylic acids is 1. The Balaban J connectivity index is 1.84. The lowest BCUT2D eigenvalue weighted by Gasteiger charge is -2.31. The van der Waals surface area contributed by atoms with Gasteiger partial charge in [-0.3, -0.25) is 0 Å². The van der Waals surface area contributed by atoms with Gasteiger partial charge < -0.3 is 15.4 Å². The summed E-state index contributed by atoms with van der Waals surface area (Å²) in [7, 11) is 0. The van der Waals surface area contributed by atoms with Crippen LogP contribution >= 0.6 is 0 Å². The van der Waals surface area contributed by atoms with Crippen LogP contribution in [0.2, 0.25) is 0 Å². The van der Waals surface area contributed by atoms with E-state index in [-0.39, 0.29) is 12.1 Å². The summed E-state index contributed by atoms with van der Waals surface area (Å²) in [4.78, 5) is 11.9. The summed E-state index contributed by atoms with van der Waals surface area (Å²) < 4.78 is 5.35. The van der Waals surface area contributed by atoms with E-state index in [1.807, 2.05) is 20.8 Å². The number of carbonyl (C=O) groups is 1. The fourth-order valence-corrected chi connectivity index (χ4v) is 3.00. The molecule has 128 valence electrons. The molecule has 0 heterocycles. The maximum absolute atomic E-state index is 11.9. The predicted octanol–water partition coefficient (Wildman–Crippen LogP) is 4.50. The van der Waals surface area contributed by atoms with Crippen molar-refractivity contribution in [3.8, 4) is 0 Å². The van der Waals surface area contributed by atoms with Gasteiger partial charge >= 0.3 is 6.09 Å². The van der Waals surface area contributed by atoms with Crippen molar-refractivity contribution in [3.05, 3.63) is 29.8 Å². The number of amides is 1. The molecule has 4 heteroatoms. The molecule has 0 spiro atoms. The van der Waals surface area contributed by atoms with Gasteiger partial charge in [-0.1, -0.05) is 19.1 Å². The molecule has 0 radical (unpaired) electrons. The van der Waals surface area contributed by atoms with Crippen LogP contribution in [0.4, 0.5) is 10.5 Å². The molecule has 2 N–H and O–H groups in total. The normalized spacial score (nSPS) is 21.6. The number of hydrogen-bond acceptors (Lipinski definition) is 3. The first-order chi connectivity index (χ1) is 10.9. The Kier molecular flexibility index (Phi) is 5.91. The number of ether oxygens (including phenoxy) is 1. The smallest absolute Gasteiger partial charge is 0.407 e. The Morgan fingerprint density at radius 3 is 2.43 bits per heavy atom. The van der Waals surface area contributed by atoms with E-state index in [1.165, 1.54) is 5.56 Å². The third-order valence-corrected chi connectivity index (χ3v) is 4.13. The van der Waals surface area contributed by atoms with E-state index < -0.39 is 5.60 Å². The zero-order chi connectivity index (χ0) is 16.9. The minimum atomic E-state index is -0.447. The summed E-state index contributed by atoms with van der Waals surface area (Å²) in [6.45, 7) is 7.82. The monoisotopic (exact) mass is 318 g/mol. The highest BCUT2D eigenvalue weighted by Crippen LogP contribution is 2.23. The summed E-state index contributed by atoms with van der Waals surface area (Å²) in [5.74, 6) is 0. The van der Waals surface area contributed by atoms with Gasteiger partial charge in [-0.15, -0.1) is 0 Å². The molecule has 1 amide bonds. The molecule has 1 aliphatic carbocycles. The maximum Gasteiger partial charge on any atom is 0.407 e. The van der Waals surface area contributed by atoms with E-state index >= 15 is 0 Å². The van der Waals surface area contributed by atoms with Crippen LogP contribution in [-0.4, -0.2) is 23.8 Å². The van der Waals surface area contributed by atoms with Crippen molar-refractivity contribution in [2.24, 2.45) is 0 Å². The second-order valence-corrected chi connectivity index (χ2v) is 7.40. The third-order valence-electron chi connectivity index (χ3n) is 4.13. The van der Waals surface area contributed by atoms with Crippen LogP contribution in [0.5, 0.6) is 0 Å². The van der Waals surface area contributed by atoms with Crippen LogP contribution in [0.1, 0.15) is 58.9 Å². The molecule has 0 aliphatic heterocycles. The molecule has 4 nitrogen and oxygen atoms in total. The fourth-order valence-electron chi connectivity index (χ4n) is 3.00. The zero-order valence-corrected chi connectivity index (χ0v) is 14.8. The van der Waals surface area contributed by atoms with Crippen LogP contribution in [0, 0.1) is 0 Å². The molecule has 2 unspecified atom stereocenters. The number of alkyl carbamates (subject to hydrolysis) is 1. The summed E-state index contributed by atoms with van der Waals surface area (Å²) in [6.07, 6.45) is 4.97. The van der Waals surface area contributed by atoms with Gasteiger partial charge in [0.2, 0.25) is 0 Å². The van der Waals surface area contributed by atoms with E-state index in [2.05, 4.69) is 41.8 Å². The first-order valence-electron chi connectivity index (χ1n) is 8.70. The molecule has 23 heavy (non-hydrogen) atoms. The molecule has 0 aromatic heterocycles. The van der Waals surface area contributed by atoms with Crippen LogP contribution in [0.3, 0.4) is 0 Å². The summed E-state index contributed by atoms with van der Waals surface area (Å²) in [5.41, 5.74) is 2.06. The first-order valence-corrected chi connectivity index (χ1v) is 8.70. The second-order valence-electron chi connectivity index (χ2n) is 7.40. The van der Waals surface area contributed by atoms with Crippen LogP contribution in [0.15, 0.2) is 24.3 Å². The molecular weight excluding hydrogens is 288 g/mol. The van der Waals surface area contributed by atoms with Crippen LogP contribution in [0.25, 0.3) is 0 Å². The summed E-state index contributed by atoms with van der Waals surface area (Å²) in [6, 6.07) is 9.21. The van der Waals surface area contributed by atoms with E-state index in [0.717, 1.165) is 37.8 Å². The average molecular weight is 318 g/mol. The molecule has 1 saturated carbocycles. The van der Waals surface area contributed by atoms with Crippen molar-refractivity contribution in [1.82, 2.24) is 5.32 Å². The lowest BCUT2D eigenvalue weighted by atomic mass is 9.91. The van der Waals surface area contributed by atoms with Crippen molar-refractivity contribution < 1.29 is 9.53 Å². The fraction of sp³-hybridized carbons (Fsp3) is 0.632. The van der Waals surface area contributed by atoms with Crippen molar-refractivity contribution in [2.75, 3.05) is 5.32 Å². The highest BCUT2D eigenvalue weighted by atomic mass is 16.6. The van der Waals surface area contributed by atoms with Gasteiger partial charge in [0, 0.05) is 17.8 Å². The second kappa shape index (κ2) is 7.71. The van der Waals surface area contributed by atoms with Crippen molar-refractivity contribution >= 4 is 11.8 Å². The maximum atomic E-state index is 11.9. The molecule has 1 aliphatic rings. The molecular formula is C19H30N2O2. The Morgan fingerprint density at radius 1 is 1.17 bits per heavy atom. The van der Waals surface area contributed by atoms with Gasteiger partial charge in [0.1, 0.15) is 5.60 Å². The van der Waals surface area contributed by atoms with E-state index in [1.54, 1.807) is 0 Å². The number of hydrogen-bond donors (Lipinski definition) is 2. The van der Waals surface area contributed by atoms with Gasteiger partial charge in [0.05, 0.1) is 0 Å². The highest BCUT2D eigenvalue weighted by molar-refractivity contribution is 5.68. The Hall–Kier alpha value is -1.71. The van der Waals surface area contributed by atoms with Crippen molar-refractivity contribution in [3.63, 3.8) is 0 Å². The third kappa shape index (κ3) is 6.12. The van der Waals surface area contributed by atoms with Crippen LogP contribution < -0.4 is 10.6 Å². The minimum Gasteiger partial charge on any atom is -0.444 e. The number of anilines is 1. The number of rotatable bonds is 4. The number of nitrogens with one attached hydrogen (secondary N) is 2. The van der Waals surface area contributed by atoms with Crippen LogP contribution in [-0.2, 0) is 11.2 Å². The highest BCUT2D eigenvalue weighted by Gasteiger charge is 2.25.